The SMILES string of the molecule is Cc1cccc(NC(=O)c2ccc3c(c2)N(Cc2ccccc2)C(=O)CO3)c1. The van der Waals surface area contributed by atoms with Crippen molar-refractivity contribution in [2.24, 2.45) is 0 Å². The zero-order chi connectivity index (χ0) is 19.5. The summed E-state index contributed by atoms with van der Waals surface area (Å²) in [5.41, 5.74) is 3.89. The average molecular weight is 372 g/mol. The first-order valence-electron chi connectivity index (χ1n) is 9.09. The lowest BCUT2D eigenvalue weighted by Crippen LogP contribution is -2.38. The molecule has 1 heterocycles. The molecule has 0 radical (unpaired) electrons. The van der Waals surface area contributed by atoms with E-state index in [0.29, 0.717) is 23.5 Å². The molecule has 0 aliphatic carbocycles. The molecule has 1 aliphatic rings. The number of carbonyl (C=O) groups is 2. The van der Waals surface area contributed by atoms with Gasteiger partial charge in [-0.2, -0.15) is 0 Å². The lowest BCUT2D eigenvalue weighted by molar-refractivity contribution is -0.121. The van der Waals surface area contributed by atoms with E-state index in [2.05, 4.69) is 5.32 Å². The van der Waals surface area contributed by atoms with E-state index in [1.165, 1.54) is 0 Å². The lowest BCUT2D eigenvalue weighted by Gasteiger charge is -2.29. The molecule has 2 amide bonds. The summed E-state index contributed by atoms with van der Waals surface area (Å²) in [6.07, 6.45) is 0. The van der Waals surface area contributed by atoms with Crippen LogP contribution in [-0.4, -0.2) is 18.4 Å². The van der Waals surface area contributed by atoms with Crippen LogP contribution in [0, 0.1) is 6.92 Å². The Labute approximate surface area is 163 Å². The van der Waals surface area contributed by atoms with Gasteiger partial charge in [0.15, 0.2) is 6.61 Å². The number of hydrogen-bond donors (Lipinski definition) is 1. The van der Waals surface area contributed by atoms with Gasteiger partial charge in [-0.25, -0.2) is 0 Å². The normalized spacial score (nSPS) is 12.9. The number of rotatable bonds is 4. The first kappa shape index (κ1) is 17.8. The predicted octanol–water partition coefficient (Wildman–Crippen LogP) is 4.17. The van der Waals surface area contributed by atoms with Gasteiger partial charge in [-0.05, 0) is 48.4 Å². The smallest absolute Gasteiger partial charge is 0.265 e. The van der Waals surface area contributed by atoms with Gasteiger partial charge in [0.05, 0.1) is 12.2 Å². The maximum Gasteiger partial charge on any atom is 0.265 e. The van der Waals surface area contributed by atoms with E-state index in [-0.39, 0.29) is 18.4 Å². The molecule has 0 saturated carbocycles. The summed E-state index contributed by atoms with van der Waals surface area (Å²) in [7, 11) is 0. The van der Waals surface area contributed by atoms with Crippen LogP contribution in [0.4, 0.5) is 11.4 Å². The van der Waals surface area contributed by atoms with Gasteiger partial charge in [0.2, 0.25) is 0 Å². The average Bonchev–Trinajstić information content (AvgIpc) is 2.70. The van der Waals surface area contributed by atoms with E-state index in [1.807, 2.05) is 61.5 Å². The molecule has 4 rings (SSSR count). The highest BCUT2D eigenvalue weighted by molar-refractivity contribution is 6.06. The standard InChI is InChI=1S/C23H20N2O3/c1-16-6-5-9-19(12-16)24-23(27)18-10-11-21-20(13-18)25(22(26)15-28-21)14-17-7-3-2-4-8-17/h2-13H,14-15H2,1H3,(H,24,27). The summed E-state index contributed by atoms with van der Waals surface area (Å²) in [5.74, 6) is 0.237. The van der Waals surface area contributed by atoms with Crippen LogP contribution >= 0.6 is 0 Å². The van der Waals surface area contributed by atoms with Crippen molar-refractivity contribution in [3.8, 4) is 5.75 Å². The molecule has 0 fully saturated rings. The third kappa shape index (κ3) is 3.74. The van der Waals surface area contributed by atoms with Gasteiger partial charge in [-0.1, -0.05) is 42.5 Å². The fourth-order valence-electron chi connectivity index (χ4n) is 3.21. The van der Waals surface area contributed by atoms with Crippen LogP contribution in [0.15, 0.2) is 72.8 Å². The van der Waals surface area contributed by atoms with Gasteiger partial charge < -0.3 is 15.0 Å². The number of carbonyl (C=O) groups excluding carboxylic acids is 2. The van der Waals surface area contributed by atoms with E-state index in [0.717, 1.165) is 16.8 Å². The van der Waals surface area contributed by atoms with Gasteiger partial charge in [0.25, 0.3) is 11.8 Å². The molecule has 1 aliphatic heterocycles. The van der Waals surface area contributed by atoms with Gasteiger partial charge in [-0.3, -0.25) is 9.59 Å². The van der Waals surface area contributed by atoms with Crippen molar-refractivity contribution in [2.45, 2.75) is 13.5 Å². The van der Waals surface area contributed by atoms with Crippen molar-refractivity contribution in [2.75, 3.05) is 16.8 Å². The van der Waals surface area contributed by atoms with E-state index in [1.54, 1.807) is 23.1 Å². The van der Waals surface area contributed by atoms with Crippen molar-refractivity contribution in [3.63, 3.8) is 0 Å². The fraction of sp³-hybridized carbons (Fsp3) is 0.130. The zero-order valence-corrected chi connectivity index (χ0v) is 15.5. The van der Waals surface area contributed by atoms with E-state index < -0.39 is 0 Å². The van der Waals surface area contributed by atoms with Gasteiger partial charge in [0, 0.05) is 11.3 Å². The molecule has 0 unspecified atom stereocenters. The predicted molar refractivity (Wildman–Crippen MR) is 109 cm³/mol. The van der Waals surface area contributed by atoms with E-state index >= 15 is 0 Å². The highest BCUT2D eigenvalue weighted by Gasteiger charge is 2.26. The van der Waals surface area contributed by atoms with Crippen LogP contribution in [0.1, 0.15) is 21.5 Å². The second kappa shape index (κ2) is 7.56. The molecule has 140 valence electrons. The lowest BCUT2D eigenvalue weighted by atomic mass is 10.1. The first-order chi connectivity index (χ1) is 13.6. The van der Waals surface area contributed by atoms with Crippen LogP contribution < -0.4 is 15.0 Å². The van der Waals surface area contributed by atoms with Crippen LogP contribution in [0.25, 0.3) is 0 Å². The molecule has 1 N–H and O–H groups in total. The summed E-state index contributed by atoms with van der Waals surface area (Å²) in [6, 6.07) is 22.5. The molecule has 3 aromatic carbocycles. The number of nitrogens with one attached hydrogen (secondary N) is 1. The second-order valence-electron chi connectivity index (χ2n) is 6.76. The molecule has 5 nitrogen and oxygen atoms in total. The number of amides is 2. The Kier molecular flexibility index (Phi) is 4.81. The molecule has 0 bridgehead atoms. The van der Waals surface area contributed by atoms with Crippen LogP contribution in [0.5, 0.6) is 5.75 Å². The van der Waals surface area contributed by atoms with Crippen LogP contribution in [-0.2, 0) is 11.3 Å². The topological polar surface area (TPSA) is 58.6 Å². The van der Waals surface area contributed by atoms with E-state index in [9.17, 15) is 9.59 Å². The maximum atomic E-state index is 12.7. The Morgan fingerprint density at radius 1 is 1.04 bits per heavy atom. The first-order valence-corrected chi connectivity index (χ1v) is 9.09. The number of benzene rings is 3. The molecule has 3 aromatic rings. The van der Waals surface area contributed by atoms with Crippen molar-refractivity contribution < 1.29 is 14.3 Å². The van der Waals surface area contributed by atoms with Gasteiger partial charge >= 0.3 is 0 Å². The number of hydrogen-bond acceptors (Lipinski definition) is 3. The van der Waals surface area contributed by atoms with Crippen molar-refractivity contribution in [3.05, 3.63) is 89.5 Å². The number of aryl methyl sites for hydroxylation is 1. The molecule has 0 atom stereocenters. The zero-order valence-electron chi connectivity index (χ0n) is 15.5. The molecule has 0 aromatic heterocycles. The number of ether oxygens (including phenoxy) is 1. The van der Waals surface area contributed by atoms with Crippen LogP contribution in [0.2, 0.25) is 0 Å². The third-order valence-corrected chi connectivity index (χ3v) is 4.62. The van der Waals surface area contributed by atoms with Crippen molar-refractivity contribution in [1.82, 2.24) is 0 Å². The minimum atomic E-state index is -0.230. The van der Waals surface area contributed by atoms with Crippen molar-refractivity contribution >= 4 is 23.2 Å². The summed E-state index contributed by atoms with van der Waals surface area (Å²) >= 11 is 0. The summed E-state index contributed by atoms with van der Waals surface area (Å²) < 4.78 is 5.55. The highest BCUT2D eigenvalue weighted by atomic mass is 16.5. The van der Waals surface area contributed by atoms with Crippen molar-refractivity contribution in [1.29, 1.82) is 0 Å². The minimum absolute atomic E-state index is 0.00529. The number of anilines is 2. The Morgan fingerprint density at radius 3 is 2.64 bits per heavy atom. The Balaban J connectivity index is 1.62. The largest absolute Gasteiger partial charge is 0.482 e. The Hall–Kier alpha value is -3.60. The third-order valence-electron chi connectivity index (χ3n) is 4.62. The van der Waals surface area contributed by atoms with Gasteiger partial charge in [0.1, 0.15) is 5.75 Å². The summed E-state index contributed by atoms with van der Waals surface area (Å²) in [6.45, 7) is 2.40. The highest BCUT2D eigenvalue weighted by Crippen LogP contribution is 2.34. The van der Waals surface area contributed by atoms with E-state index in [4.69, 9.17) is 4.74 Å². The maximum absolute atomic E-state index is 12.7. The molecule has 5 heteroatoms. The number of fused-ring (bicyclic) bond motifs is 1. The summed E-state index contributed by atoms with van der Waals surface area (Å²) in [5, 5.41) is 2.90. The summed E-state index contributed by atoms with van der Waals surface area (Å²) in [4.78, 5) is 26.8. The quantitative estimate of drug-likeness (QED) is 0.748. The molecule has 0 spiro atoms. The second-order valence-corrected chi connectivity index (χ2v) is 6.76. The molecule has 0 saturated heterocycles. The fourth-order valence-corrected chi connectivity index (χ4v) is 3.21. The molecule has 28 heavy (non-hydrogen) atoms. The molecular weight excluding hydrogens is 352 g/mol. The Morgan fingerprint density at radius 2 is 1.86 bits per heavy atom. The van der Waals surface area contributed by atoms with Crippen LogP contribution in [0.3, 0.4) is 0 Å². The van der Waals surface area contributed by atoms with Gasteiger partial charge in [-0.15, -0.1) is 0 Å². The Bertz CT molecular complexity index is 1030. The number of nitrogens with zero attached hydrogens (tertiary/aromatic N) is 1. The molecular formula is C23H20N2O3. The minimum Gasteiger partial charge on any atom is -0.482 e. The monoisotopic (exact) mass is 372 g/mol.